The van der Waals surface area contributed by atoms with Crippen LogP contribution in [0.5, 0.6) is 0 Å². The van der Waals surface area contributed by atoms with E-state index in [9.17, 15) is 0 Å². The smallest absolute Gasteiger partial charge is 0.125 e. The van der Waals surface area contributed by atoms with Gasteiger partial charge in [-0.3, -0.25) is 0 Å². The van der Waals surface area contributed by atoms with Gasteiger partial charge in [-0.25, -0.2) is 0 Å². The van der Waals surface area contributed by atoms with Crippen LogP contribution in [0, 0.1) is 0 Å². The van der Waals surface area contributed by atoms with E-state index in [4.69, 9.17) is 33.4 Å². The summed E-state index contributed by atoms with van der Waals surface area (Å²) in [6.07, 6.45) is 1.57. The molecule has 2 nitrogen and oxygen atoms in total. The molecule has 4 heteroatoms. The first-order valence-corrected chi connectivity index (χ1v) is 5.18. The van der Waals surface area contributed by atoms with Crippen LogP contribution >= 0.6 is 23.2 Å². The third-order valence-corrected chi connectivity index (χ3v) is 2.82. The van der Waals surface area contributed by atoms with Gasteiger partial charge in [0.2, 0.25) is 0 Å². The number of hydrogen-bond donors (Lipinski definition) is 1. The van der Waals surface area contributed by atoms with Gasteiger partial charge in [0.05, 0.1) is 12.3 Å². The monoisotopic (exact) mass is 241 g/mol. The zero-order chi connectivity index (χ0) is 10.8. The van der Waals surface area contributed by atoms with E-state index in [0.717, 1.165) is 0 Å². The van der Waals surface area contributed by atoms with E-state index in [1.807, 2.05) is 0 Å². The molecule has 2 rings (SSSR count). The summed E-state index contributed by atoms with van der Waals surface area (Å²) in [6.45, 7) is 0. The molecule has 0 fully saturated rings. The second kappa shape index (κ2) is 4.27. The maximum Gasteiger partial charge on any atom is 0.125 e. The minimum atomic E-state index is -0.429. The van der Waals surface area contributed by atoms with E-state index >= 15 is 0 Å². The first kappa shape index (κ1) is 10.6. The summed E-state index contributed by atoms with van der Waals surface area (Å²) in [5.41, 5.74) is 6.69. The second-order valence-corrected chi connectivity index (χ2v) is 3.94. The van der Waals surface area contributed by atoms with E-state index in [1.165, 1.54) is 0 Å². The van der Waals surface area contributed by atoms with Crippen molar-refractivity contribution in [3.8, 4) is 0 Å². The largest absolute Gasteiger partial charge is 0.467 e. The van der Waals surface area contributed by atoms with Gasteiger partial charge >= 0.3 is 0 Å². The minimum absolute atomic E-state index is 0.429. The maximum atomic E-state index is 6.04. The van der Waals surface area contributed by atoms with E-state index < -0.39 is 6.04 Å². The summed E-state index contributed by atoms with van der Waals surface area (Å²) in [4.78, 5) is 0. The predicted molar refractivity (Wildman–Crippen MR) is 61.2 cm³/mol. The summed E-state index contributed by atoms with van der Waals surface area (Å²) in [5, 5.41) is 1.10. The van der Waals surface area contributed by atoms with Crippen molar-refractivity contribution in [2.45, 2.75) is 6.04 Å². The molecule has 0 amide bonds. The number of nitrogens with two attached hydrogens (primary N) is 1. The topological polar surface area (TPSA) is 39.2 Å². The van der Waals surface area contributed by atoms with Crippen LogP contribution in [0.3, 0.4) is 0 Å². The molecule has 0 saturated carbocycles. The van der Waals surface area contributed by atoms with Crippen LogP contribution in [0.4, 0.5) is 0 Å². The highest BCUT2D eigenvalue weighted by molar-refractivity contribution is 6.36. The summed E-state index contributed by atoms with van der Waals surface area (Å²) in [7, 11) is 0. The van der Waals surface area contributed by atoms with Crippen molar-refractivity contribution < 1.29 is 4.42 Å². The molecule has 78 valence electrons. The fraction of sp³-hybridized carbons (Fsp3) is 0.0909. The average Bonchev–Trinajstić information content (AvgIpc) is 2.69. The molecular weight excluding hydrogens is 233 g/mol. The molecule has 0 saturated heterocycles. The average molecular weight is 242 g/mol. The quantitative estimate of drug-likeness (QED) is 0.873. The Labute approximate surface area is 97.6 Å². The predicted octanol–water partition coefficient (Wildman–Crippen LogP) is 3.63. The van der Waals surface area contributed by atoms with Crippen molar-refractivity contribution in [1.82, 2.24) is 0 Å². The van der Waals surface area contributed by atoms with Gasteiger partial charge in [-0.05, 0) is 24.3 Å². The van der Waals surface area contributed by atoms with E-state index in [2.05, 4.69) is 0 Å². The van der Waals surface area contributed by atoms with Gasteiger partial charge in [-0.1, -0.05) is 29.3 Å². The highest BCUT2D eigenvalue weighted by Crippen LogP contribution is 2.32. The van der Waals surface area contributed by atoms with Gasteiger partial charge in [0.25, 0.3) is 0 Å². The van der Waals surface area contributed by atoms with Gasteiger partial charge in [-0.2, -0.15) is 0 Å². The van der Waals surface area contributed by atoms with E-state index in [1.54, 1.807) is 36.6 Å². The molecule has 0 bridgehead atoms. The lowest BCUT2D eigenvalue weighted by Gasteiger charge is -2.12. The Morgan fingerprint density at radius 1 is 1.07 bits per heavy atom. The Kier molecular flexibility index (Phi) is 3.00. The Morgan fingerprint density at radius 2 is 1.73 bits per heavy atom. The third kappa shape index (κ3) is 2.02. The molecule has 15 heavy (non-hydrogen) atoms. The van der Waals surface area contributed by atoms with Crippen molar-refractivity contribution >= 4 is 23.2 Å². The van der Waals surface area contributed by atoms with Crippen LogP contribution in [0.1, 0.15) is 17.4 Å². The molecule has 1 aromatic heterocycles. The zero-order valence-electron chi connectivity index (χ0n) is 7.78. The fourth-order valence-corrected chi connectivity index (χ4v) is 2.05. The third-order valence-electron chi connectivity index (χ3n) is 2.16. The van der Waals surface area contributed by atoms with Crippen LogP contribution < -0.4 is 5.73 Å². The van der Waals surface area contributed by atoms with E-state index in [0.29, 0.717) is 21.4 Å². The Morgan fingerprint density at radius 3 is 2.27 bits per heavy atom. The molecular formula is C11H9Cl2NO. The first-order valence-electron chi connectivity index (χ1n) is 4.43. The molecule has 0 spiro atoms. The number of furan rings is 1. The molecule has 1 unspecified atom stereocenters. The van der Waals surface area contributed by atoms with Crippen molar-refractivity contribution in [3.63, 3.8) is 0 Å². The molecule has 2 aromatic rings. The van der Waals surface area contributed by atoms with Crippen molar-refractivity contribution in [1.29, 1.82) is 0 Å². The molecule has 0 aliphatic carbocycles. The molecule has 2 N–H and O–H groups in total. The summed E-state index contributed by atoms with van der Waals surface area (Å²) >= 11 is 12.1. The standard InChI is InChI=1S/C11H9Cl2NO/c12-7-3-1-4-8(13)10(7)11(14)9-5-2-6-15-9/h1-6,11H,14H2. The van der Waals surface area contributed by atoms with Crippen LogP contribution in [-0.4, -0.2) is 0 Å². The summed E-state index contributed by atoms with van der Waals surface area (Å²) in [6, 6.07) is 8.44. The molecule has 0 radical (unpaired) electrons. The van der Waals surface area contributed by atoms with Gasteiger partial charge in [0.1, 0.15) is 5.76 Å². The second-order valence-electron chi connectivity index (χ2n) is 3.13. The van der Waals surface area contributed by atoms with Crippen LogP contribution in [0.25, 0.3) is 0 Å². The van der Waals surface area contributed by atoms with Gasteiger partial charge in [0.15, 0.2) is 0 Å². The van der Waals surface area contributed by atoms with Crippen molar-refractivity contribution in [3.05, 3.63) is 58.0 Å². The van der Waals surface area contributed by atoms with E-state index in [-0.39, 0.29) is 0 Å². The Bertz CT molecular complexity index is 433. The molecule has 0 aliphatic rings. The Hall–Kier alpha value is -0.960. The maximum absolute atomic E-state index is 6.04. The first-order chi connectivity index (χ1) is 7.20. The lowest BCUT2D eigenvalue weighted by molar-refractivity contribution is 0.490. The number of halogens is 2. The van der Waals surface area contributed by atoms with Gasteiger partial charge < -0.3 is 10.2 Å². The summed E-state index contributed by atoms with van der Waals surface area (Å²) < 4.78 is 5.22. The molecule has 1 aromatic carbocycles. The van der Waals surface area contributed by atoms with Gasteiger partial charge in [-0.15, -0.1) is 0 Å². The van der Waals surface area contributed by atoms with Crippen molar-refractivity contribution in [2.75, 3.05) is 0 Å². The molecule has 0 aliphatic heterocycles. The summed E-state index contributed by atoms with van der Waals surface area (Å²) in [5.74, 6) is 0.644. The minimum Gasteiger partial charge on any atom is -0.467 e. The SMILES string of the molecule is NC(c1ccco1)c1c(Cl)cccc1Cl. The van der Waals surface area contributed by atoms with Crippen LogP contribution in [0.2, 0.25) is 10.0 Å². The zero-order valence-corrected chi connectivity index (χ0v) is 9.29. The fourth-order valence-electron chi connectivity index (χ4n) is 1.42. The van der Waals surface area contributed by atoms with Crippen molar-refractivity contribution in [2.24, 2.45) is 5.73 Å². The highest BCUT2D eigenvalue weighted by Gasteiger charge is 2.17. The van der Waals surface area contributed by atoms with Gasteiger partial charge in [0, 0.05) is 15.6 Å². The number of rotatable bonds is 2. The lowest BCUT2D eigenvalue weighted by atomic mass is 10.1. The Balaban J connectivity index is 2.46. The normalized spacial score (nSPS) is 12.7. The van der Waals surface area contributed by atoms with Crippen LogP contribution in [-0.2, 0) is 0 Å². The molecule has 1 atom stereocenters. The molecule has 1 heterocycles. The highest BCUT2D eigenvalue weighted by atomic mass is 35.5. The number of hydrogen-bond acceptors (Lipinski definition) is 2. The number of benzene rings is 1. The van der Waals surface area contributed by atoms with Crippen LogP contribution in [0.15, 0.2) is 41.0 Å². The lowest BCUT2D eigenvalue weighted by Crippen LogP contribution is -2.12.